The molecule has 4 nitrogen and oxygen atoms in total. The summed E-state index contributed by atoms with van der Waals surface area (Å²) in [6.45, 7) is 2.55. The lowest BCUT2D eigenvalue weighted by atomic mass is 10.0. The molecule has 33 heavy (non-hydrogen) atoms. The van der Waals surface area contributed by atoms with Gasteiger partial charge in [0, 0.05) is 0 Å². The molecular formula is C28H51O4P. The SMILES string of the molecule is CCCCCCCCCCCCCCCCCCCCCCOP(=O)(O)Oc1ccccc1. The van der Waals surface area contributed by atoms with Crippen molar-refractivity contribution in [3.8, 4) is 5.75 Å². The fraction of sp³-hybridized carbons (Fsp3) is 0.786. The molecule has 0 aliphatic rings. The van der Waals surface area contributed by atoms with Crippen LogP contribution in [0.1, 0.15) is 135 Å². The molecule has 0 aliphatic heterocycles. The van der Waals surface area contributed by atoms with Crippen LogP contribution >= 0.6 is 7.82 Å². The molecular weight excluding hydrogens is 431 g/mol. The van der Waals surface area contributed by atoms with Gasteiger partial charge >= 0.3 is 7.82 Å². The van der Waals surface area contributed by atoms with Gasteiger partial charge in [-0.25, -0.2) is 4.57 Å². The van der Waals surface area contributed by atoms with Crippen molar-refractivity contribution in [3.63, 3.8) is 0 Å². The van der Waals surface area contributed by atoms with E-state index in [2.05, 4.69) is 6.92 Å². The Morgan fingerprint density at radius 3 is 1.36 bits per heavy atom. The molecule has 0 bridgehead atoms. The first-order valence-corrected chi connectivity index (χ1v) is 15.4. The maximum atomic E-state index is 11.9. The maximum absolute atomic E-state index is 11.9. The molecule has 192 valence electrons. The van der Waals surface area contributed by atoms with E-state index in [1.165, 1.54) is 109 Å². The number of unbranched alkanes of at least 4 members (excludes halogenated alkanes) is 19. The van der Waals surface area contributed by atoms with Gasteiger partial charge in [0.05, 0.1) is 6.61 Å². The van der Waals surface area contributed by atoms with E-state index < -0.39 is 7.82 Å². The van der Waals surface area contributed by atoms with Crippen LogP contribution in [0.3, 0.4) is 0 Å². The predicted molar refractivity (Wildman–Crippen MR) is 141 cm³/mol. The van der Waals surface area contributed by atoms with Crippen LogP contribution in [-0.4, -0.2) is 11.5 Å². The van der Waals surface area contributed by atoms with Crippen molar-refractivity contribution >= 4 is 7.82 Å². The highest BCUT2D eigenvalue weighted by Gasteiger charge is 2.22. The van der Waals surface area contributed by atoms with E-state index in [4.69, 9.17) is 9.05 Å². The molecule has 0 fully saturated rings. The van der Waals surface area contributed by atoms with Crippen molar-refractivity contribution in [3.05, 3.63) is 30.3 Å². The Kier molecular flexibility index (Phi) is 19.8. The number of rotatable bonds is 24. The van der Waals surface area contributed by atoms with E-state index in [9.17, 15) is 9.46 Å². The van der Waals surface area contributed by atoms with Crippen LogP contribution in [0.4, 0.5) is 0 Å². The zero-order valence-electron chi connectivity index (χ0n) is 21.4. The van der Waals surface area contributed by atoms with Gasteiger partial charge in [0.25, 0.3) is 0 Å². The Morgan fingerprint density at radius 1 is 0.606 bits per heavy atom. The number of hydrogen-bond acceptors (Lipinski definition) is 3. The highest BCUT2D eigenvalue weighted by Crippen LogP contribution is 2.43. The smallest absolute Gasteiger partial charge is 0.404 e. The van der Waals surface area contributed by atoms with Crippen molar-refractivity contribution in [2.45, 2.75) is 135 Å². The van der Waals surface area contributed by atoms with Gasteiger partial charge in [0.1, 0.15) is 5.75 Å². The monoisotopic (exact) mass is 482 g/mol. The van der Waals surface area contributed by atoms with Crippen LogP contribution in [0.2, 0.25) is 0 Å². The summed E-state index contributed by atoms with van der Waals surface area (Å²) < 4.78 is 22.0. The molecule has 1 aromatic carbocycles. The zero-order valence-corrected chi connectivity index (χ0v) is 22.2. The van der Waals surface area contributed by atoms with E-state index in [1.807, 2.05) is 6.07 Å². The largest absolute Gasteiger partial charge is 0.527 e. The van der Waals surface area contributed by atoms with Crippen molar-refractivity contribution in [2.75, 3.05) is 6.61 Å². The Bertz CT molecular complexity index is 579. The number of para-hydroxylation sites is 1. The van der Waals surface area contributed by atoms with Crippen LogP contribution in [-0.2, 0) is 9.09 Å². The second-order valence-electron chi connectivity index (χ2n) is 9.42. The summed E-state index contributed by atoms with van der Waals surface area (Å²) in [5, 5.41) is 0. The highest BCUT2D eigenvalue weighted by atomic mass is 31.2. The quantitative estimate of drug-likeness (QED) is 0.118. The Balaban J connectivity index is 1.76. The standard InChI is InChI=1S/C28H51O4P/c1-2-3-4-5-6-7-8-9-10-11-12-13-14-15-16-17-18-19-20-24-27-31-33(29,30)32-28-25-22-21-23-26-28/h21-23,25-26H,2-20,24,27H2,1H3,(H,29,30). The average Bonchev–Trinajstić information content (AvgIpc) is 2.80. The predicted octanol–water partition coefficient (Wildman–Crippen LogP) is 10.0. The first-order valence-electron chi connectivity index (χ1n) is 13.9. The molecule has 0 aliphatic carbocycles. The Labute approximate surface area is 204 Å². The summed E-state index contributed by atoms with van der Waals surface area (Å²) in [4.78, 5) is 9.74. The van der Waals surface area contributed by atoms with Crippen LogP contribution in [0, 0.1) is 0 Å². The molecule has 0 saturated heterocycles. The second-order valence-corrected chi connectivity index (χ2v) is 10.8. The summed E-state index contributed by atoms with van der Waals surface area (Å²) in [5.74, 6) is 0.354. The molecule has 1 aromatic rings. The Hall–Kier alpha value is -0.830. The second kappa shape index (κ2) is 21.7. The Morgan fingerprint density at radius 2 is 0.970 bits per heavy atom. The summed E-state index contributed by atoms with van der Waals surface area (Å²) in [7, 11) is -4.01. The molecule has 0 aromatic heterocycles. The third-order valence-electron chi connectivity index (χ3n) is 6.22. The van der Waals surface area contributed by atoms with E-state index >= 15 is 0 Å². The van der Waals surface area contributed by atoms with Gasteiger partial charge in [-0.3, -0.25) is 9.42 Å². The molecule has 0 saturated carbocycles. The molecule has 1 rings (SSSR count). The normalized spacial score (nSPS) is 13.2. The molecule has 0 spiro atoms. The molecule has 1 N–H and O–H groups in total. The van der Waals surface area contributed by atoms with E-state index in [0.717, 1.165) is 19.3 Å². The molecule has 1 unspecified atom stereocenters. The lowest BCUT2D eigenvalue weighted by Crippen LogP contribution is -1.99. The summed E-state index contributed by atoms with van der Waals surface area (Å²) in [5.41, 5.74) is 0. The van der Waals surface area contributed by atoms with Crippen LogP contribution in [0.15, 0.2) is 30.3 Å². The van der Waals surface area contributed by atoms with Crippen molar-refractivity contribution in [1.82, 2.24) is 0 Å². The maximum Gasteiger partial charge on any atom is 0.527 e. The van der Waals surface area contributed by atoms with Gasteiger partial charge in [-0.1, -0.05) is 147 Å². The van der Waals surface area contributed by atoms with Gasteiger partial charge in [0.2, 0.25) is 0 Å². The van der Waals surface area contributed by atoms with E-state index in [0.29, 0.717) is 5.75 Å². The fourth-order valence-electron chi connectivity index (χ4n) is 4.18. The van der Waals surface area contributed by atoms with E-state index in [-0.39, 0.29) is 6.61 Å². The van der Waals surface area contributed by atoms with Crippen molar-refractivity contribution in [1.29, 1.82) is 0 Å². The highest BCUT2D eigenvalue weighted by molar-refractivity contribution is 7.47. The molecule has 5 heteroatoms. The summed E-state index contributed by atoms with van der Waals surface area (Å²) in [6.07, 6.45) is 26.7. The number of benzene rings is 1. The summed E-state index contributed by atoms with van der Waals surface area (Å²) >= 11 is 0. The zero-order chi connectivity index (χ0) is 23.9. The lowest BCUT2D eigenvalue weighted by Gasteiger charge is -2.12. The molecule has 0 amide bonds. The van der Waals surface area contributed by atoms with Crippen LogP contribution in [0.25, 0.3) is 0 Å². The number of phosphoric ester groups is 1. The first-order chi connectivity index (χ1) is 16.1. The van der Waals surface area contributed by atoms with Crippen LogP contribution < -0.4 is 4.52 Å². The lowest BCUT2D eigenvalue weighted by molar-refractivity contribution is 0.199. The fourth-order valence-corrected chi connectivity index (χ4v) is 4.98. The third kappa shape index (κ3) is 20.3. The first kappa shape index (κ1) is 30.2. The minimum Gasteiger partial charge on any atom is -0.404 e. The average molecular weight is 483 g/mol. The van der Waals surface area contributed by atoms with Gasteiger partial charge in [-0.05, 0) is 18.6 Å². The van der Waals surface area contributed by atoms with Gasteiger partial charge in [-0.15, -0.1) is 0 Å². The topological polar surface area (TPSA) is 55.8 Å². The molecule has 1 atom stereocenters. The van der Waals surface area contributed by atoms with Crippen molar-refractivity contribution < 1.29 is 18.5 Å². The van der Waals surface area contributed by atoms with E-state index in [1.54, 1.807) is 24.3 Å². The number of hydrogen-bond donors (Lipinski definition) is 1. The van der Waals surface area contributed by atoms with Gasteiger partial charge in [0.15, 0.2) is 0 Å². The molecule has 0 heterocycles. The van der Waals surface area contributed by atoms with Crippen LogP contribution in [0.5, 0.6) is 5.75 Å². The van der Waals surface area contributed by atoms with Gasteiger partial charge < -0.3 is 4.52 Å². The van der Waals surface area contributed by atoms with Crippen molar-refractivity contribution in [2.24, 2.45) is 0 Å². The third-order valence-corrected chi connectivity index (χ3v) is 7.17. The minimum absolute atomic E-state index is 0.263. The van der Waals surface area contributed by atoms with Gasteiger partial charge in [-0.2, -0.15) is 0 Å². The minimum atomic E-state index is -4.01. The summed E-state index contributed by atoms with van der Waals surface area (Å²) in [6, 6.07) is 8.63. The number of phosphoric acid groups is 1. The molecule has 0 radical (unpaired) electrons.